The fourth-order valence-electron chi connectivity index (χ4n) is 2.37. The maximum absolute atomic E-state index is 13.4. The molecule has 0 aliphatic rings. The van der Waals surface area contributed by atoms with Gasteiger partial charge in [-0.05, 0) is 42.5 Å². The second-order valence-corrected chi connectivity index (χ2v) is 5.39. The number of halogens is 2. The van der Waals surface area contributed by atoms with Gasteiger partial charge in [-0.25, -0.2) is 18.7 Å². The van der Waals surface area contributed by atoms with E-state index in [1.165, 1.54) is 36.7 Å². The highest BCUT2D eigenvalue weighted by molar-refractivity contribution is 5.85. The predicted octanol–water partition coefficient (Wildman–Crippen LogP) is 4.19. The van der Waals surface area contributed by atoms with Crippen molar-refractivity contribution in [2.75, 3.05) is 10.6 Å². The van der Waals surface area contributed by atoms with E-state index in [1.54, 1.807) is 24.3 Å². The van der Waals surface area contributed by atoms with Gasteiger partial charge in [0.15, 0.2) is 17.0 Å². The minimum Gasteiger partial charge on any atom is -0.338 e. The first-order chi connectivity index (χ1) is 12.7. The van der Waals surface area contributed by atoms with Gasteiger partial charge in [-0.2, -0.15) is 9.97 Å². The predicted molar refractivity (Wildman–Crippen MR) is 94.5 cm³/mol. The fourth-order valence-corrected chi connectivity index (χ4v) is 2.37. The Morgan fingerprint density at radius 2 is 1.54 bits per heavy atom. The Kier molecular flexibility index (Phi) is 4.06. The second-order valence-electron chi connectivity index (χ2n) is 5.39. The van der Waals surface area contributed by atoms with Crippen molar-refractivity contribution in [2.24, 2.45) is 0 Å². The molecule has 2 aromatic carbocycles. The number of hydrogen-bond acceptors (Lipinski definition) is 6. The van der Waals surface area contributed by atoms with Gasteiger partial charge in [0.1, 0.15) is 11.6 Å². The molecular formula is C18H12F2N6. The molecule has 2 heterocycles. The molecule has 2 N–H and O–H groups in total. The summed E-state index contributed by atoms with van der Waals surface area (Å²) < 4.78 is 26.5. The van der Waals surface area contributed by atoms with Gasteiger partial charge in [0.2, 0.25) is 5.95 Å². The molecule has 0 amide bonds. The Hall–Kier alpha value is -3.68. The molecule has 26 heavy (non-hydrogen) atoms. The van der Waals surface area contributed by atoms with E-state index in [9.17, 15) is 8.78 Å². The van der Waals surface area contributed by atoms with E-state index in [-0.39, 0.29) is 17.6 Å². The number of aromatic nitrogens is 4. The topological polar surface area (TPSA) is 75.6 Å². The quantitative estimate of drug-likeness (QED) is 0.575. The summed E-state index contributed by atoms with van der Waals surface area (Å²) in [6.07, 6.45) is 3.05. The minimum atomic E-state index is -0.375. The number of hydrogen-bond donors (Lipinski definition) is 2. The van der Waals surface area contributed by atoms with E-state index in [0.717, 1.165) is 0 Å². The van der Waals surface area contributed by atoms with Gasteiger partial charge in [0, 0.05) is 23.8 Å². The maximum Gasteiger partial charge on any atom is 0.231 e. The van der Waals surface area contributed by atoms with Crippen molar-refractivity contribution in [3.63, 3.8) is 0 Å². The molecule has 0 spiro atoms. The van der Waals surface area contributed by atoms with Crippen LogP contribution in [0.2, 0.25) is 0 Å². The third kappa shape index (κ3) is 3.39. The third-order valence-corrected chi connectivity index (χ3v) is 3.52. The van der Waals surface area contributed by atoms with Crippen molar-refractivity contribution in [3.8, 4) is 0 Å². The number of anilines is 4. The Morgan fingerprint density at radius 3 is 2.35 bits per heavy atom. The Morgan fingerprint density at radius 1 is 0.731 bits per heavy atom. The molecule has 0 fully saturated rings. The third-order valence-electron chi connectivity index (χ3n) is 3.52. The average Bonchev–Trinajstić information content (AvgIpc) is 2.64. The molecule has 4 aromatic rings. The van der Waals surface area contributed by atoms with Crippen LogP contribution in [-0.2, 0) is 0 Å². The van der Waals surface area contributed by atoms with E-state index >= 15 is 0 Å². The molecule has 0 atom stereocenters. The summed E-state index contributed by atoms with van der Waals surface area (Å²) in [6.45, 7) is 0. The first-order valence-corrected chi connectivity index (χ1v) is 7.71. The van der Waals surface area contributed by atoms with Gasteiger partial charge < -0.3 is 10.6 Å². The lowest BCUT2D eigenvalue weighted by atomic mass is 10.3. The van der Waals surface area contributed by atoms with Gasteiger partial charge in [0.05, 0.1) is 0 Å². The molecule has 0 aliphatic carbocycles. The van der Waals surface area contributed by atoms with Crippen LogP contribution in [0.4, 0.5) is 31.9 Å². The van der Waals surface area contributed by atoms with Crippen LogP contribution in [0.3, 0.4) is 0 Å². The van der Waals surface area contributed by atoms with Crippen LogP contribution in [0.15, 0.2) is 60.9 Å². The molecule has 2 aromatic heterocycles. The molecule has 6 nitrogen and oxygen atoms in total. The Labute approximate surface area is 147 Å². The van der Waals surface area contributed by atoms with Crippen molar-refractivity contribution < 1.29 is 8.78 Å². The zero-order chi connectivity index (χ0) is 17.9. The molecule has 0 unspecified atom stereocenters. The fraction of sp³-hybridized carbons (Fsp3) is 0. The lowest BCUT2D eigenvalue weighted by Gasteiger charge is -2.11. The summed E-state index contributed by atoms with van der Waals surface area (Å²) in [5.41, 5.74) is 1.96. The van der Waals surface area contributed by atoms with Gasteiger partial charge in [0.25, 0.3) is 0 Å². The van der Waals surface area contributed by atoms with Gasteiger partial charge in [-0.3, -0.25) is 0 Å². The monoisotopic (exact) mass is 350 g/mol. The van der Waals surface area contributed by atoms with Crippen LogP contribution in [0.1, 0.15) is 0 Å². The highest BCUT2D eigenvalue weighted by atomic mass is 19.1. The smallest absolute Gasteiger partial charge is 0.231 e. The van der Waals surface area contributed by atoms with Crippen LogP contribution >= 0.6 is 0 Å². The molecule has 8 heteroatoms. The average molecular weight is 350 g/mol. The Bertz CT molecular complexity index is 1070. The van der Waals surface area contributed by atoms with Crippen LogP contribution in [-0.4, -0.2) is 19.9 Å². The largest absolute Gasteiger partial charge is 0.338 e. The molecule has 0 radical (unpaired) electrons. The minimum absolute atomic E-state index is 0.230. The first kappa shape index (κ1) is 15.8. The molecule has 128 valence electrons. The van der Waals surface area contributed by atoms with Crippen molar-refractivity contribution in [2.45, 2.75) is 0 Å². The lowest BCUT2D eigenvalue weighted by molar-refractivity contribution is 0.628. The molecule has 0 aliphatic heterocycles. The van der Waals surface area contributed by atoms with Gasteiger partial charge in [-0.15, -0.1) is 0 Å². The molecule has 0 saturated carbocycles. The van der Waals surface area contributed by atoms with E-state index in [4.69, 9.17) is 0 Å². The maximum atomic E-state index is 13.4. The molecule has 0 bridgehead atoms. The van der Waals surface area contributed by atoms with Crippen molar-refractivity contribution >= 4 is 34.3 Å². The molecule has 0 saturated heterocycles. The van der Waals surface area contributed by atoms with Gasteiger partial charge >= 0.3 is 0 Å². The normalized spacial score (nSPS) is 10.7. The summed E-state index contributed by atoms with van der Waals surface area (Å²) in [7, 11) is 0. The van der Waals surface area contributed by atoms with Crippen molar-refractivity contribution in [3.05, 3.63) is 72.6 Å². The summed E-state index contributed by atoms with van der Waals surface area (Å²) >= 11 is 0. The SMILES string of the molecule is Fc1ccc(Nc2nc(Nc3cccc(F)c3)nc3nccnc23)cc1. The van der Waals surface area contributed by atoms with E-state index in [1.807, 2.05) is 0 Å². The highest BCUT2D eigenvalue weighted by Gasteiger charge is 2.11. The standard InChI is InChI=1S/C18H12F2N6/c19-11-4-6-13(7-5-11)23-17-15-16(22-9-8-21-15)25-18(26-17)24-14-3-1-2-12(20)10-14/h1-10H,(H2,22,23,24,25,26). The van der Waals surface area contributed by atoms with Crippen LogP contribution < -0.4 is 10.6 Å². The number of fused-ring (bicyclic) bond motifs is 1. The lowest BCUT2D eigenvalue weighted by Crippen LogP contribution is -2.04. The van der Waals surface area contributed by atoms with Crippen LogP contribution in [0.5, 0.6) is 0 Å². The van der Waals surface area contributed by atoms with Gasteiger partial charge in [-0.1, -0.05) is 6.07 Å². The van der Waals surface area contributed by atoms with Crippen molar-refractivity contribution in [1.29, 1.82) is 0 Å². The second kappa shape index (κ2) is 6.67. The van der Waals surface area contributed by atoms with Crippen LogP contribution in [0.25, 0.3) is 11.2 Å². The van der Waals surface area contributed by atoms with E-state index in [0.29, 0.717) is 28.4 Å². The summed E-state index contributed by atoms with van der Waals surface area (Å²) in [5.74, 6) is -0.0848. The van der Waals surface area contributed by atoms with E-state index < -0.39 is 0 Å². The highest BCUT2D eigenvalue weighted by Crippen LogP contribution is 2.24. The number of nitrogens with one attached hydrogen (secondary N) is 2. The zero-order valence-corrected chi connectivity index (χ0v) is 13.3. The zero-order valence-electron chi connectivity index (χ0n) is 13.3. The summed E-state index contributed by atoms with van der Waals surface area (Å²) in [6, 6.07) is 11.8. The van der Waals surface area contributed by atoms with Crippen molar-refractivity contribution in [1.82, 2.24) is 19.9 Å². The number of rotatable bonds is 4. The first-order valence-electron chi connectivity index (χ1n) is 7.71. The molecular weight excluding hydrogens is 338 g/mol. The number of benzene rings is 2. The van der Waals surface area contributed by atoms with E-state index in [2.05, 4.69) is 30.6 Å². The number of nitrogens with zero attached hydrogens (tertiary/aromatic N) is 4. The molecule has 4 rings (SSSR count). The summed E-state index contributed by atoms with van der Waals surface area (Å²) in [4.78, 5) is 17.1. The Balaban J connectivity index is 1.74. The van der Waals surface area contributed by atoms with Crippen LogP contribution in [0, 0.1) is 11.6 Å². The summed E-state index contributed by atoms with van der Waals surface area (Å²) in [5, 5.41) is 6.02.